The molecule has 0 spiro atoms. The van der Waals surface area contributed by atoms with Crippen molar-refractivity contribution < 1.29 is 62.1 Å². The van der Waals surface area contributed by atoms with Gasteiger partial charge < -0.3 is 52.5 Å². The quantitative estimate of drug-likeness (QED) is 0.0454. The molecule has 1 N–H and O–H groups in total. The number of rotatable bonds is 33. The van der Waals surface area contributed by atoms with Crippen LogP contribution in [0.5, 0.6) is 0 Å². The highest BCUT2D eigenvalue weighted by molar-refractivity contribution is 5.69. The Morgan fingerprint density at radius 1 is 0.574 bits per heavy atom. The summed E-state index contributed by atoms with van der Waals surface area (Å²) in [6, 6.07) is 0. The lowest BCUT2D eigenvalue weighted by Gasteiger charge is -2.49. The molecule has 0 aliphatic heterocycles. The minimum Gasteiger partial charge on any atom is -0.481 e. The Morgan fingerprint density at radius 3 is 1.60 bits per heavy atom. The molecular weight excluding hydrogens is 616 g/mol. The predicted octanol–water partition coefficient (Wildman–Crippen LogP) is 6.54. The summed E-state index contributed by atoms with van der Waals surface area (Å²) in [5, 5.41) is 8.87. The molecule has 0 amide bonds. The highest BCUT2D eigenvalue weighted by Gasteiger charge is 2.66. The van der Waals surface area contributed by atoms with Crippen molar-refractivity contribution in [1.29, 1.82) is 0 Å². The van der Waals surface area contributed by atoms with Crippen LogP contribution in [0, 0.1) is 0 Å². The second-order valence-electron chi connectivity index (χ2n) is 10.8. The van der Waals surface area contributed by atoms with Crippen molar-refractivity contribution in [2.75, 3.05) is 52.9 Å². The van der Waals surface area contributed by atoms with Crippen LogP contribution in [-0.2, 0) is 57.0 Å². The molecule has 13 nitrogen and oxygen atoms in total. The number of ether oxygens (including phenoxy) is 10. The van der Waals surface area contributed by atoms with E-state index in [-0.39, 0.29) is 52.5 Å². The summed E-state index contributed by atoms with van der Waals surface area (Å²) in [5.41, 5.74) is 0. The molecule has 0 fully saturated rings. The third-order valence-electron chi connectivity index (χ3n) is 6.95. The molecule has 280 valence electrons. The van der Waals surface area contributed by atoms with E-state index in [1.165, 1.54) is 0 Å². The number of esters is 1. The van der Waals surface area contributed by atoms with Crippen LogP contribution in [0.15, 0.2) is 0 Å². The van der Waals surface area contributed by atoms with E-state index >= 15 is 0 Å². The summed E-state index contributed by atoms with van der Waals surface area (Å²) in [7, 11) is 0. The maximum atomic E-state index is 13.6. The van der Waals surface area contributed by atoms with E-state index in [1.807, 2.05) is 34.6 Å². The number of unbranched alkanes of at least 4 members (excludes halogenated alkanes) is 5. The molecule has 0 rings (SSSR count). The molecule has 0 bridgehead atoms. The van der Waals surface area contributed by atoms with Crippen LogP contribution in [-0.4, -0.2) is 100 Å². The van der Waals surface area contributed by atoms with Crippen molar-refractivity contribution >= 4 is 11.9 Å². The van der Waals surface area contributed by atoms with Gasteiger partial charge in [0.05, 0.1) is 13.2 Å². The monoisotopic (exact) mass is 682 g/mol. The highest BCUT2D eigenvalue weighted by atomic mass is 17.0. The van der Waals surface area contributed by atoms with Gasteiger partial charge in [-0.1, -0.05) is 39.5 Å². The van der Waals surface area contributed by atoms with Crippen LogP contribution < -0.4 is 0 Å². The summed E-state index contributed by atoms with van der Waals surface area (Å²) < 4.78 is 62.4. The Hall–Kier alpha value is -1.42. The Kier molecular flexibility index (Phi) is 25.6. The van der Waals surface area contributed by atoms with E-state index in [4.69, 9.17) is 52.5 Å². The lowest BCUT2D eigenvalue weighted by Crippen LogP contribution is -2.69. The van der Waals surface area contributed by atoms with Crippen molar-refractivity contribution in [3.8, 4) is 0 Å². The van der Waals surface area contributed by atoms with Crippen LogP contribution in [0.25, 0.3) is 0 Å². The third-order valence-corrected chi connectivity index (χ3v) is 6.95. The van der Waals surface area contributed by atoms with Gasteiger partial charge in [0.15, 0.2) is 0 Å². The lowest BCUT2D eigenvalue weighted by atomic mass is 10.1. The van der Waals surface area contributed by atoms with Gasteiger partial charge in [0.1, 0.15) is 6.10 Å². The van der Waals surface area contributed by atoms with Crippen LogP contribution in [0.4, 0.5) is 0 Å². The van der Waals surface area contributed by atoms with Crippen molar-refractivity contribution in [3.05, 3.63) is 0 Å². The normalized spacial score (nSPS) is 14.9. The molecule has 0 radical (unpaired) electrons. The molecule has 3 unspecified atom stereocenters. The van der Waals surface area contributed by atoms with Crippen LogP contribution in [0.3, 0.4) is 0 Å². The standard InChI is InChI=1S/C34H66O13/c1-10-18-27-45-33(42-15-6,43-16-7)34(44-17-8,47-30(37)25-23-21-19-20-22-24-29(35)36)46-28(9)32(40-13-4,41-14-5)31(38-12-3)39-26-11-2/h28,31H,10-27H2,1-9H3,(H,35,36). The minimum atomic E-state index is -2.37. The maximum absolute atomic E-state index is 13.6. The zero-order chi connectivity index (χ0) is 35.6. The molecular formula is C34H66O13. The van der Waals surface area contributed by atoms with Gasteiger partial charge in [-0.15, -0.1) is 0 Å². The zero-order valence-corrected chi connectivity index (χ0v) is 30.7. The zero-order valence-electron chi connectivity index (χ0n) is 30.7. The van der Waals surface area contributed by atoms with Crippen LogP contribution >= 0.6 is 0 Å². The second kappa shape index (κ2) is 26.4. The van der Waals surface area contributed by atoms with Gasteiger partial charge in [0, 0.05) is 52.5 Å². The van der Waals surface area contributed by atoms with Gasteiger partial charge in [-0.2, -0.15) is 0 Å². The Labute approximate surface area is 283 Å². The van der Waals surface area contributed by atoms with Crippen molar-refractivity contribution in [2.24, 2.45) is 0 Å². The highest BCUT2D eigenvalue weighted by Crippen LogP contribution is 2.41. The first-order valence-electron chi connectivity index (χ1n) is 17.8. The molecule has 0 saturated heterocycles. The smallest absolute Gasteiger partial charge is 0.417 e. The number of aliphatic carboxylic acids is 1. The molecule has 47 heavy (non-hydrogen) atoms. The number of carboxylic acid groups (broad SMARTS) is 1. The van der Waals surface area contributed by atoms with Crippen molar-refractivity contribution in [3.63, 3.8) is 0 Å². The lowest BCUT2D eigenvalue weighted by molar-refractivity contribution is -0.564. The first-order chi connectivity index (χ1) is 22.6. The Balaban J connectivity index is 6.89. The fourth-order valence-corrected chi connectivity index (χ4v) is 4.93. The van der Waals surface area contributed by atoms with E-state index in [9.17, 15) is 9.59 Å². The number of carboxylic acids is 1. The average Bonchev–Trinajstić information content (AvgIpc) is 3.02. The fourth-order valence-electron chi connectivity index (χ4n) is 4.93. The van der Waals surface area contributed by atoms with Gasteiger partial charge in [-0.3, -0.25) is 9.59 Å². The second-order valence-corrected chi connectivity index (χ2v) is 10.8. The van der Waals surface area contributed by atoms with Crippen LogP contribution in [0.1, 0.15) is 127 Å². The summed E-state index contributed by atoms with van der Waals surface area (Å²) in [6.45, 7) is 18.0. The van der Waals surface area contributed by atoms with E-state index in [0.29, 0.717) is 38.9 Å². The van der Waals surface area contributed by atoms with Gasteiger partial charge in [0.2, 0.25) is 12.1 Å². The number of carbonyl (C=O) groups excluding carboxylic acids is 1. The molecule has 13 heteroatoms. The minimum absolute atomic E-state index is 0.0279. The van der Waals surface area contributed by atoms with Crippen LogP contribution in [0.2, 0.25) is 0 Å². The maximum Gasteiger partial charge on any atom is 0.417 e. The largest absolute Gasteiger partial charge is 0.481 e. The SMILES string of the molecule is CCCCOC(OCC)(OCC)C(OCC)(OC(=O)CCCCCCCC(=O)O)OC(C)C(OCC)(OCC)C(OCC)OCCC. The predicted molar refractivity (Wildman–Crippen MR) is 175 cm³/mol. The summed E-state index contributed by atoms with van der Waals surface area (Å²) in [4.78, 5) is 24.4. The third kappa shape index (κ3) is 15.3. The first kappa shape index (κ1) is 45.6. The number of hydrogen-bond acceptors (Lipinski definition) is 12. The summed E-state index contributed by atoms with van der Waals surface area (Å²) >= 11 is 0. The number of carbonyl (C=O) groups is 2. The van der Waals surface area contributed by atoms with Gasteiger partial charge >= 0.3 is 23.9 Å². The molecule has 0 aromatic rings. The molecule has 0 saturated carbocycles. The molecule has 0 aromatic heterocycles. The van der Waals surface area contributed by atoms with Gasteiger partial charge in [0.25, 0.3) is 0 Å². The Bertz CT molecular complexity index is 784. The summed E-state index contributed by atoms with van der Waals surface area (Å²) in [6.07, 6.45) is 3.63. The van der Waals surface area contributed by atoms with E-state index in [2.05, 4.69) is 0 Å². The summed E-state index contributed by atoms with van der Waals surface area (Å²) in [5.74, 6) is -7.57. The van der Waals surface area contributed by atoms with Gasteiger partial charge in [-0.25, -0.2) is 0 Å². The Morgan fingerprint density at radius 2 is 1.11 bits per heavy atom. The van der Waals surface area contributed by atoms with Crippen molar-refractivity contribution in [2.45, 2.75) is 157 Å². The average molecular weight is 683 g/mol. The van der Waals surface area contributed by atoms with Crippen molar-refractivity contribution in [1.82, 2.24) is 0 Å². The first-order valence-corrected chi connectivity index (χ1v) is 17.8. The van der Waals surface area contributed by atoms with Gasteiger partial charge in [-0.05, 0) is 74.1 Å². The topological polar surface area (TPSA) is 147 Å². The molecule has 0 aromatic carbocycles. The molecule has 0 heterocycles. The fraction of sp³-hybridized carbons (Fsp3) is 0.941. The molecule has 0 aliphatic carbocycles. The number of hydrogen-bond donors (Lipinski definition) is 1. The van der Waals surface area contributed by atoms with E-state index in [0.717, 1.165) is 25.7 Å². The van der Waals surface area contributed by atoms with E-state index in [1.54, 1.807) is 27.7 Å². The molecule has 0 aliphatic rings. The molecule has 3 atom stereocenters. The van der Waals surface area contributed by atoms with E-state index < -0.39 is 42.1 Å².